The number of rotatable bonds is 3. The third-order valence-electron chi connectivity index (χ3n) is 3.52. The molecule has 3 atom stereocenters. The molecule has 1 aliphatic carbocycles. The van der Waals surface area contributed by atoms with Crippen molar-refractivity contribution >= 4 is 11.8 Å². The Balaban J connectivity index is 2.52. The predicted octanol–water partition coefficient (Wildman–Crippen LogP) is 4.45. The molecule has 2 N–H and O–H groups in total. The molecule has 0 aromatic rings. The smallest absolute Gasteiger partial charge is 0.0204 e. The first-order valence-corrected chi connectivity index (χ1v) is 7.90. The Morgan fingerprint density at radius 1 is 1.12 bits per heavy atom. The lowest BCUT2D eigenvalue weighted by Gasteiger charge is -2.39. The van der Waals surface area contributed by atoms with Gasteiger partial charge < -0.3 is 5.73 Å². The predicted molar refractivity (Wildman–Crippen MR) is 80.5 cm³/mol. The number of thioether (sulfide) groups is 1. The Morgan fingerprint density at radius 2 is 1.71 bits per heavy atom. The van der Waals surface area contributed by atoms with E-state index in [9.17, 15) is 0 Å². The fraction of sp³-hybridized carbons (Fsp3) is 1.00. The van der Waals surface area contributed by atoms with Crippen molar-refractivity contribution in [1.29, 1.82) is 0 Å². The van der Waals surface area contributed by atoms with Gasteiger partial charge in [-0.2, -0.15) is 11.8 Å². The molecule has 0 saturated heterocycles. The van der Waals surface area contributed by atoms with Crippen molar-refractivity contribution in [3.63, 3.8) is 0 Å². The van der Waals surface area contributed by atoms with Crippen LogP contribution in [0.3, 0.4) is 0 Å². The second-order valence-corrected chi connectivity index (χ2v) is 9.68. The van der Waals surface area contributed by atoms with Crippen LogP contribution < -0.4 is 5.73 Å². The molecule has 0 amide bonds. The van der Waals surface area contributed by atoms with Gasteiger partial charge in [0.2, 0.25) is 0 Å². The molecule has 1 saturated carbocycles. The summed E-state index contributed by atoms with van der Waals surface area (Å²) in [5.74, 6) is 0.826. The Morgan fingerprint density at radius 3 is 2.18 bits per heavy atom. The van der Waals surface area contributed by atoms with Crippen LogP contribution in [0.4, 0.5) is 0 Å². The summed E-state index contributed by atoms with van der Waals surface area (Å²) in [6.45, 7) is 14.1. The first-order chi connectivity index (χ1) is 7.59. The largest absolute Gasteiger partial charge is 0.327 e. The molecule has 0 bridgehead atoms. The Kier molecular flexibility index (Phi) is 4.99. The minimum Gasteiger partial charge on any atom is -0.327 e. The molecule has 2 heteroatoms. The van der Waals surface area contributed by atoms with Crippen LogP contribution in [-0.4, -0.2) is 16.0 Å². The maximum absolute atomic E-state index is 6.32. The van der Waals surface area contributed by atoms with Crippen molar-refractivity contribution in [2.24, 2.45) is 17.1 Å². The highest BCUT2D eigenvalue weighted by Gasteiger charge is 2.33. The van der Waals surface area contributed by atoms with Gasteiger partial charge in [0.15, 0.2) is 0 Å². The summed E-state index contributed by atoms with van der Waals surface area (Å²) in [7, 11) is 0. The molecule has 0 aromatic heterocycles. The van der Waals surface area contributed by atoms with Gasteiger partial charge in [-0.1, -0.05) is 41.5 Å². The molecule has 3 unspecified atom stereocenters. The molecule has 1 rings (SSSR count). The summed E-state index contributed by atoms with van der Waals surface area (Å²) in [4.78, 5) is 0. The second kappa shape index (κ2) is 5.52. The van der Waals surface area contributed by atoms with E-state index in [0.29, 0.717) is 21.5 Å². The molecule has 0 heterocycles. The van der Waals surface area contributed by atoms with Crippen molar-refractivity contribution in [2.45, 2.75) is 83.3 Å². The standard InChI is InChI=1S/C15H31NS/c1-11-7-8-13(12(16)9-11)17-15(5,6)10-14(2,3)4/h11-13H,7-10,16H2,1-6H3. The maximum Gasteiger partial charge on any atom is 0.0204 e. The van der Waals surface area contributed by atoms with E-state index >= 15 is 0 Å². The molecule has 0 spiro atoms. The zero-order valence-electron chi connectivity index (χ0n) is 12.5. The fourth-order valence-corrected chi connectivity index (χ4v) is 5.15. The molecule has 1 aliphatic rings. The van der Waals surface area contributed by atoms with E-state index in [0.717, 1.165) is 5.92 Å². The lowest BCUT2D eigenvalue weighted by Crippen LogP contribution is -2.41. The first kappa shape index (κ1) is 15.4. The molecule has 102 valence electrons. The third-order valence-corrected chi connectivity index (χ3v) is 5.19. The van der Waals surface area contributed by atoms with Crippen molar-refractivity contribution in [3.8, 4) is 0 Å². The number of nitrogens with two attached hydrogens (primary N) is 1. The summed E-state index contributed by atoms with van der Waals surface area (Å²) >= 11 is 2.13. The van der Waals surface area contributed by atoms with Crippen LogP contribution in [0.1, 0.15) is 67.2 Å². The summed E-state index contributed by atoms with van der Waals surface area (Å²) in [6, 6.07) is 0.406. The van der Waals surface area contributed by atoms with Crippen LogP contribution in [0.15, 0.2) is 0 Å². The lowest BCUT2D eigenvalue weighted by molar-refractivity contribution is 0.330. The van der Waals surface area contributed by atoms with Crippen LogP contribution in [0.5, 0.6) is 0 Å². The van der Waals surface area contributed by atoms with E-state index in [1.807, 2.05) is 0 Å². The van der Waals surface area contributed by atoms with Gasteiger partial charge in [-0.05, 0) is 37.0 Å². The van der Waals surface area contributed by atoms with Crippen LogP contribution in [0.25, 0.3) is 0 Å². The van der Waals surface area contributed by atoms with E-state index in [1.165, 1.54) is 25.7 Å². The quantitative estimate of drug-likeness (QED) is 0.808. The van der Waals surface area contributed by atoms with Gasteiger partial charge >= 0.3 is 0 Å². The molecule has 0 radical (unpaired) electrons. The summed E-state index contributed by atoms with van der Waals surface area (Å²) in [5.41, 5.74) is 6.72. The average molecular weight is 257 g/mol. The average Bonchev–Trinajstić information content (AvgIpc) is 2.05. The van der Waals surface area contributed by atoms with Crippen molar-refractivity contribution in [3.05, 3.63) is 0 Å². The van der Waals surface area contributed by atoms with Gasteiger partial charge in [0.25, 0.3) is 0 Å². The van der Waals surface area contributed by atoms with Crippen LogP contribution in [0.2, 0.25) is 0 Å². The van der Waals surface area contributed by atoms with Crippen molar-refractivity contribution < 1.29 is 0 Å². The monoisotopic (exact) mass is 257 g/mol. The highest BCUT2D eigenvalue weighted by atomic mass is 32.2. The summed E-state index contributed by atoms with van der Waals surface area (Å²) < 4.78 is 0.348. The van der Waals surface area contributed by atoms with Gasteiger partial charge in [0, 0.05) is 16.0 Å². The number of hydrogen-bond donors (Lipinski definition) is 1. The molecular formula is C15H31NS. The minimum atomic E-state index is 0.348. The maximum atomic E-state index is 6.32. The van der Waals surface area contributed by atoms with Crippen LogP contribution in [0, 0.1) is 11.3 Å². The molecule has 0 aromatic carbocycles. The zero-order valence-corrected chi connectivity index (χ0v) is 13.4. The first-order valence-electron chi connectivity index (χ1n) is 7.02. The third kappa shape index (κ3) is 5.65. The molecule has 1 fully saturated rings. The SMILES string of the molecule is CC1CCC(SC(C)(C)CC(C)(C)C)C(N)C1. The zero-order chi connectivity index (χ0) is 13.3. The molecular weight excluding hydrogens is 226 g/mol. The highest BCUT2D eigenvalue weighted by Crippen LogP contribution is 2.43. The Bertz CT molecular complexity index is 242. The lowest BCUT2D eigenvalue weighted by atomic mass is 9.85. The van der Waals surface area contributed by atoms with Crippen LogP contribution >= 0.6 is 11.8 Å². The minimum absolute atomic E-state index is 0.348. The highest BCUT2D eigenvalue weighted by molar-refractivity contribution is 8.01. The van der Waals surface area contributed by atoms with E-state index in [-0.39, 0.29) is 0 Å². The van der Waals surface area contributed by atoms with Gasteiger partial charge in [-0.25, -0.2) is 0 Å². The van der Waals surface area contributed by atoms with Gasteiger partial charge in [-0.3, -0.25) is 0 Å². The van der Waals surface area contributed by atoms with Crippen molar-refractivity contribution in [1.82, 2.24) is 0 Å². The summed E-state index contributed by atoms with van der Waals surface area (Å²) in [5, 5.41) is 0.670. The topological polar surface area (TPSA) is 26.0 Å². The fourth-order valence-electron chi connectivity index (χ4n) is 3.27. The normalized spacial score (nSPS) is 31.6. The van der Waals surface area contributed by atoms with Gasteiger partial charge in [0.05, 0.1) is 0 Å². The second-order valence-electron chi connectivity index (χ2n) is 7.74. The Labute approximate surface area is 112 Å². The van der Waals surface area contributed by atoms with E-state index in [1.54, 1.807) is 0 Å². The van der Waals surface area contributed by atoms with E-state index < -0.39 is 0 Å². The molecule has 17 heavy (non-hydrogen) atoms. The van der Waals surface area contributed by atoms with E-state index in [2.05, 4.69) is 53.3 Å². The van der Waals surface area contributed by atoms with Crippen molar-refractivity contribution in [2.75, 3.05) is 0 Å². The van der Waals surface area contributed by atoms with Crippen LogP contribution in [-0.2, 0) is 0 Å². The van der Waals surface area contributed by atoms with Gasteiger partial charge in [-0.15, -0.1) is 0 Å². The Hall–Kier alpha value is 0.310. The molecule has 1 nitrogen and oxygen atoms in total. The number of hydrogen-bond acceptors (Lipinski definition) is 2. The molecule has 0 aliphatic heterocycles. The van der Waals surface area contributed by atoms with Gasteiger partial charge in [0.1, 0.15) is 0 Å². The van der Waals surface area contributed by atoms with E-state index in [4.69, 9.17) is 5.73 Å². The summed E-state index contributed by atoms with van der Waals surface area (Å²) in [6.07, 6.45) is 5.13.